The molecule has 25 rings (SSSR count). The Morgan fingerprint density at radius 1 is 0.261 bits per heavy atom. The maximum atomic E-state index is 8.58. The Labute approximate surface area is 832 Å². The summed E-state index contributed by atoms with van der Waals surface area (Å²) in [4.78, 5) is 52.1. The van der Waals surface area contributed by atoms with Crippen LogP contribution in [-0.2, 0) is 9.31 Å². The zero-order valence-corrected chi connectivity index (χ0v) is 79.2. The van der Waals surface area contributed by atoms with Crippen molar-refractivity contribution in [3.63, 3.8) is 0 Å². The summed E-state index contributed by atoms with van der Waals surface area (Å²) in [6.45, 7) is 16.4. The third-order valence-corrected chi connectivity index (χ3v) is 26.8. The van der Waals surface area contributed by atoms with E-state index in [9.17, 15) is 0 Å². The molecule has 1 fully saturated rings. The van der Waals surface area contributed by atoms with Crippen molar-refractivity contribution >= 4 is 152 Å². The number of fused-ring (bicyclic) bond motifs is 15. The molecule has 24 aromatic rings. The van der Waals surface area contributed by atoms with E-state index in [2.05, 4.69) is 239 Å². The minimum Gasteiger partial charge on any atom is -0.423 e. The van der Waals surface area contributed by atoms with Crippen LogP contribution in [0.4, 0.5) is 5.69 Å². The van der Waals surface area contributed by atoms with E-state index in [1.54, 1.807) is 24.3 Å². The summed E-state index contributed by atoms with van der Waals surface area (Å²) in [5.74, 6) is 0. The van der Waals surface area contributed by atoms with Gasteiger partial charge in [-0.1, -0.05) is 399 Å². The van der Waals surface area contributed by atoms with Crippen LogP contribution in [0, 0.1) is 6.57 Å². The third-order valence-electron chi connectivity index (χ3n) is 26.4. The lowest BCUT2D eigenvalue weighted by molar-refractivity contribution is 0.00578. The molecule has 0 spiro atoms. The first kappa shape index (κ1) is 90.2. The highest BCUT2D eigenvalue weighted by atomic mass is 35.5. The second-order valence-corrected chi connectivity index (χ2v) is 36.7. The zero-order valence-electron chi connectivity index (χ0n) is 77.7. The van der Waals surface area contributed by atoms with Gasteiger partial charge in [-0.3, -0.25) is 4.98 Å². The maximum Gasteiger partial charge on any atom is 0.494 e. The summed E-state index contributed by atoms with van der Waals surface area (Å²) in [6, 6.07) is 146. The topological polar surface area (TPSA) is 179 Å². The quantitative estimate of drug-likeness (QED) is 0.0633. The van der Waals surface area contributed by atoms with Gasteiger partial charge in [0.15, 0.2) is 0 Å². The smallest absolute Gasteiger partial charge is 0.423 e. The highest BCUT2D eigenvalue weighted by Gasteiger charge is 2.52. The van der Waals surface area contributed by atoms with Crippen LogP contribution in [0.5, 0.6) is 0 Å². The summed E-state index contributed by atoms with van der Waals surface area (Å²) < 4.78 is 13.0. The molecule has 0 radical (unpaired) electrons. The van der Waals surface area contributed by atoms with E-state index in [4.69, 9.17) is 94.0 Å². The van der Waals surface area contributed by atoms with Gasteiger partial charge in [0.25, 0.3) is 0 Å². The molecule has 142 heavy (non-hydrogen) atoms. The predicted octanol–water partition coefficient (Wildman–Crippen LogP) is 30.1. The number of halogens is 2. The van der Waals surface area contributed by atoms with Gasteiger partial charge in [0.2, 0.25) is 5.69 Å². The van der Waals surface area contributed by atoms with Crippen molar-refractivity contribution < 1.29 is 20.8 Å². The summed E-state index contributed by atoms with van der Waals surface area (Å²) in [6.07, 6.45) is 0. The Morgan fingerprint density at radius 2 is 0.521 bits per heavy atom. The Bertz CT molecular complexity index is 8980. The van der Waals surface area contributed by atoms with E-state index in [0.717, 1.165) is 216 Å². The largest absolute Gasteiger partial charge is 0.494 e. The lowest BCUT2D eigenvalue weighted by atomic mass is 9.78. The SMILES string of the molecule is CC1(C)OB(c2cccc(-c3nc4ccccc4c4c3cc(-c3ccccc3)c3nc(-c5ccccc5)c(-c5ccccc5)nc34)c2)OC1(C)C.Clc1cccc(-c2nc3ccccc3c3c2cc(-c2ccccc2)c2nc(-c4ccccc4)c(-c4ccccc4)nc23)c1.OB(O)c1ccccc1.[2HH].[C-]#[N+]c1cc2c(-c3cccc(Cl)c3)nc3ccccc3c2c2nc(-c3ccccc3)c(-c3ccccc3)nc12. The van der Waals surface area contributed by atoms with E-state index >= 15 is 0 Å². The van der Waals surface area contributed by atoms with Crippen LogP contribution >= 0.6 is 23.2 Å². The normalized spacial score (nSPS) is 12.5. The van der Waals surface area contributed by atoms with Crippen LogP contribution in [0.2, 0.25) is 10.0 Å². The zero-order chi connectivity index (χ0) is 96.5. The molecular weight excluding hydrogens is 1790 g/mol. The molecule has 0 aliphatic carbocycles. The van der Waals surface area contributed by atoms with E-state index in [1.807, 2.05) is 206 Å². The predicted molar refractivity (Wildman–Crippen MR) is 587 cm³/mol. The molecule has 18 aromatic carbocycles. The number of hydrogen-bond acceptors (Lipinski definition) is 13. The minimum absolute atomic E-state index is 0. The Morgan fingerprint density at radius 3 is 0.831 bits per heavy atom. The van der Waals surface area contributed by atoms with Gasteiger partial charge in [0, 0.05) is 121 Å². The van der Waals surface area contributed by atoms with Crippen molar-refractivity contribution in [1.29, 1.82) is 0 Å². The number of nitrogens with zero attached hydrogens (tertiary/aromatic N) is 10. The summed E-state index contributed by atoms with van der Waals surface area (Å²) in [7, 11) is -1.83. The number of para-hydroxylation sites is 3. The van der Waals surface area contributed by atoms with Crippen LogP contribution in [0.3, 0.4) is 0 Å². The van der Waals surface area contributed by atoms with Gasteiger partial charge >= 0.3 is 14.2 Å². The lowest BCUT2D eigenvalue weighted by Crippen LogP contribution is -2.41. The van der Waals surface area contributed by atoms with E-state index in [1.165, 1.54) is 0 Å². The van der Waals surface area contributed by atoms with Crippen molar-refractivity contribution in [2.45, 2.75) is 38.9 Å². The fourth-order valence-electron chi connectivity index (χ4n) is 18.8. The summed E-state index contributed by atoms with van der Waals surface area (Å²) in [5, 5.41) is 27.3. The second-order valence-electron chi connectivity index (χ2n) is 35.9. The number of pyridine rings is 3. The standard InChI is InChI=1S/C45H36BN3O2.C39H24ClN3.C34H19ClN4.C6H7BO2.H2/c1-44(2)45(3,4)51-46(50-44)33-24-16-23-32(27-33)39-36-28-35(29-17-8-5-9-18-29)42-43(38(36)34-25-14-15-26-37(34)47-39)49-41(31-21-12-7-13-22-31)40(48-42)30-19-10-6-11-20-30;40-29-20-12-19-28(23-29)35-32-24-31(25-13-4-1-5-14-25)38-39(34(32)30-21-10-11-22-33(30)41-35)43-37(27-17-8-3-9-18-27)36(42-38)26-15-6-2-7-16-26;1-36-28-20-26-29(25-17-8-9-18-27(25)37-30(26)23-15-10-16-24(35)19-23)34-33(28)38-31(21-11-4-2-5-12-21)32(39-34)22-13-6-3-7-14-22;8-7(9)6-4-2-1-3-5-6;/h5-28H,1-4H3;1-24H;2-20H;1-5,8-9H;1H/i;;;;1+1. The third kappa shape index (κ3) is 17.6. The van der Waals surface area contributed by atoms with Gasteiger partial charge < -0.3 is 19.4 Å². The van der Waals surface area contributed by atoms with Crippen molar-refractivity contribution in [3.05, 3.63) is 458 Å². The average molecular weight is 1880 g/mol. The monoisotopic (exact) mass is 1870 g/mol. The summed E-state index contributed by atoms with van der Waals surface area (Å²) >= 11 is 12.9. The maximum absolute atomic E-state index is 8.58. The van der Waals surface area contributed by atoms with Gasteiger partial charge in [-0.05, 0) is 110 Å². The molecule has 0 saturated carbocycles. The highest BCUT2D eigenvalue weighted by Crippen LogP contribution is 2.49. The van der Waals surface area contributed by atoms with Gasteiger partial charge in [-0.2, -0.15) is 0 Å². The molecule has 0 amide bonds. The molecule has 14 nitrogen and oxygen atoms in total. The number of rotatable bonds is 13. The minimum atomic E-state index is -1.34. The van der Waals surface area contributed by atoms with Gasteiger partial charge in [-0.25, -0.2) is 44.7 Å². The summed E-state index contributed by atoms with van der Waals surface area (Å²) in [5.41, 5.74) is 28.6. The molecule has 7 heterocycles. The first-order valence-electron chi connectivity index (χ1n) is 46.9. The van der Waals surface area contributed by atoms with Crippen LogP contribution in [0.1, 0.15) is 29.1 Å². The van der Waals surface area contributed by atoms with Gasteiger partial charge in [0.1, 0.15) is 0 Å². The first-order valence-corrected chi connectivity index (χ1v) is 47.7. The molecule has 678 valence electrons. The molecule has 18 heteroatoms. The molecule has 1 saturated heterocycles. The van der Waals surface area contributed by atoms with Gasteiger partial charge in [0.05, 0.1) is 119 Å². The fourth-order valence-corrected chi connectivity index (χ4v) is 19.2. The molecule has 0 unspecified atom stereocenters. The molecule has 2 N–H and O–H groups in total. The van der Waals surface area contributed by atoms with E-state index in [-0.39, 0.29) is 1.43 Å². The molecular formula is C124H88B2Cl2N10O4. The van der Waals surface area contributed by atoms with E-state index in [0.29, 0.717) is 32.2 Å². The Balaban J connectivity index is 0.000000122. The average Bonchev–Trinajstić information content (AvgIpc) is 1.26. The Hall–Kier alpha value is -17.0. The molecule has 1 aliphatic rings. The molecule has 0 atom stereocenters. The van der Waals surface area contributed by atoms with Crippen molar-refractivity contribution in [1.82, 2.24) is 44.9 Å². The molecule has 1 aliphatic heterocycles. The Kier molecular flexibility index (Phi) is 24.6. The first-order chi connectivity index (χ1) is 69.5. The number of benzene rings is 18. The van der Waals surface area contributed by atoms with Crippen molar-refractivity contribution in [3.8, 4) is 124 Å². The fraction of sp³-hybridized carbons (Fsp3) is 0.0484. The lowest BCUT2D eigenvalue weighted by Gasteiger charge is -2.32. The van der Waals surface area contributed by atoms with E-state index < -0.39 is 25.4 Å². The van der Waals surface area contributed by atoms with Gasteiger partial charge in [-0.15, -0.1) is 0 Å². The molecule has 0 bridgehead atoms. The van der Waals surface area contributed by atoms with Crippen molar-refractivity contribution in [2.24, 2.45) is 0 Å². The second kappa shape index (κ2) is 38.8. The van der Waals surface area contributed by atoms with Crippen LogP contribution < -0.4 is 10.9 Å². The molecule has 6 aromatic heterocycles. The van der Waals surface area contributed by atoms with Crippen molar-refractivity contribution in [2.75, 3.05) is 0 Å². The van der Waals surface area contributed by atoms with Crippen LogP contribution in [0.15, 0.2) is 437 Å². The number of aromatic nitrogens is 9. The number of hydrogen-bond donors (Lipinski definition) is 2. The highest BCUT2D eigenvalue weighted by molar-refractivity contribution is 6.62. The van der Waals surface area contributed by atoms with Crippen LogP contribution in [-0.4, -0.2) is 80.3 Å². The van der Waals surface area contributed by atoms with Crippen LogP contribution in [0.25, 0.3) is 227 Å².